The second-order valence-electron chi connectivity index (χ2n) is 6.06. The summed E-state index contributed by atoms with van der Waals surface area (Å²) < 4.78 is 45.1. The predicted octanol–water partition coefficient (Wildman–Crippen LogP) is 3.89. The van der Waals surface area contributed by atoms with Crippen molar-refractivity contribution in [3.63, 3.8) is 0 Å². The number of rotatable bonds is 8. The van der Waals surface area contributed by atoms with E-state index < -0.39 is 24.3 Å². The molecule has 0 heterocycles. The van der Waals surface area contributed by atoms with Gasteiger partial charge in [-0.2, -0.15) is 0 Å². The van der Waals surface area contributed by atoms with Crippen LogP contribution in [0.15, 0.2) is 60.7 Å². The van der Waals surface area contributed by atoms with E-state index in [1.807, 2.05) is 30.3 Å². The van der Waals surface area contributed by atoms with Crippen molar-refractivity contribution in [3.05, 3.63) is 71.8 Å². The van der Waals surface area contributed by atoms with E-state index in [-0.39, 0.29) is 5.75 Å². The molecule has 154 valence electrons. The van der Waals surface area contributed by atoms with Crippen LogP contribution < -0.4 is 10.1 Å². The van der Waals surface area contributed by atoms with Gasteiger partial charge in [0.15, 0.2) is 6.10 Å². The first-order chi connectivity index (χ1) is 13.7. The van der Waals surface area contributed by atoms with E-state index >= 15 is 0 Å². The predicted molar refractivity (Wildman–Crippen MR) is 101 cm³/mol. The fourth-order valence-electron chi connectivity index (χ4n) is 2.33. The number of hydrogen-bond acceptors (Lipinski definition) is 4. The molecule has 1 amide bonds. The molecule has 0 aliphatic heterocycles. The summed E-state index contributed by atoms with van der Waals surface area (Å²) >= 11 is 0. The average molecular weight is 407 g/mol. The number of alkyl halides is 3. The Hall–Kier alpha value is -3.29. The number of halogens is 3. The molecule has 0 aliphatic carbocycles. The summed E-state index contributed by atoms with van der Waals surface area (Å²) in [5, 5.41) is 2.69. The summed E-state index contributed by atoms with van der Waals surface area (Å²) in [5.41, 5.74) is 1.54. The fourth-order valence-corrected chi connectivity index (χ4v) is 2.33. The molecule has 8 heteroatoms. The lowest BCUT2D eigenvalue weighted by Crippen LogP contribution is -2.36. The van der Waals surface area contributed by atoms with Gasteiger partial charge >= 0.3 is 12.3 Å². The van der Waals surface area contributed by atoms with E-state index in [2.05, 4.69) is 10.1 Å². The van der Waals surface area contributed by atoms with Gasteiger partial charge in [0.25, 0.3) is 5.91 Å². The summed E-state index contributed by atoms with van der Waals surface area (Å²) in [6.45, 7) is 1.86. The zero-order valence-corrected chi connectivity index (χ0v) is 15.6. The lowest BCUT2D eigenvalue weighted by atomic mass is 10.1. The van der Waals surface area contributed by atoms with Crippen LogP contribution in [0, 0.1) is 0 Å². The van der Waals surface area contributed by atoms with Gasteiger partial charge in [-0.1, -0.05) is 42.5 Å². The second kappa shape index (κ2) is 10.3. The molecular formula is C21H20F3NO4. The van der Waals surface area contributed by atoms with Gasteiger partial charge in [0.2, 0.25) is 0 Å². The zero-order valence-electron chi connectivity index (χ0n) is 15.6. The van der Waals surface area contributed by atoms with Gasteiger partial charge in [0, 0.05) is 12.6 Å². The Morgan fingerprint density at radius 1 is 1.07 bits per heavy atom. The Kier molecular flexibility index (Phi) is 7.82. The standard InChI is InChI=1S/C21H20F3NO4/c1-15(20(27)25-14-13-16-5-3-2-4-6-16)28-19(26)12-9-17-7-10-18(11-8-17)29-21(22,23)24/h2-12,15H,13-14H2,1H3,(H,25,27)/b12-9+/t15-/m0/s1. The number of nitrogens with one attached hydrogen (secondary N) is 1. The summed E-state index contributed by atoms with van der Waals surface area (Å²) in [4.78, 5) is 23.8. The molecule has 0 radical (unpaired) electrons. The van der Waals surface area contributed by atoms with Crippen LogP contribution in [0.5, 0.6) is 5.75 Å². The smallest absolute Gasteiger partial charge is 0.449 e. The van der Waals surface area contributed by atoms with Crippen molar-refractivity contribution in [1.29, 1.82) is 0 Å². The van der Waals surface area contributed by atoms with Gasteiger partial charge < -0.3 is 14.8 Å². The maximum absolute atomic E-state index is 12.1. The fraction of sp³-hybridized carbons (Fsp3) is 0.238. The third kappa shape index (κ3) is 8.50. The number of amides is 1. The van der Waals surface area contributed by atoms with Crippen molar-refractivity contribution in [1.82, 2.24) is 5.32 Å². The Morgan fingerprint density at radius 3 is 2.34 bits per heavy atom. The molecule has 1 N–H and O–H groups in total. The SMILES string of the molecule is C[C@H](OC(=O)/C=C/c1ccc(OC(F)(F)F)cc1)C(=O)NCCc1ccccc1. The number of carbonyl (C=O) groups excluding carboxylic acids is 2. The van der Waals surface area contributed by atoms with Gasteiger partial charge in [-0.05, 0) is 42.7 Å². The molecule has 29 heavy (non-hydrogen) atoms. The molecule has 0 bridgehead atoms. The molecule has 0 saturated heterocycles. The summed E-state index contributed by atoms with van der Waals surface area (Å²) in [7, 11) is 0. The minimum atomic E-state index is -4.76. The van der Waals surface area contributed by atoms with Crippen LogP contribution in [0.1, 0.15) is 18.1 Å². The Bertz CT molecular complexity index is 833. The van der Waals surface area contributed by atoms with Crippen LogP contribution in [-0.2, 0) is 20.7 Å². The van der Waals surface area contributed by atoms with E-state index in [1.165, 1.54) is 25.1 Å². The zero-order chi connectivity index (χ0) is 21.3. The number of benzene rings is 2. The van der Waals surface area contributed by atoms with Crippen LogP contribution in [0.25, 0.3) is 6.08 Å². The summed E-state index contributed by atoms with van der Waals surface area (Å²) in [5.74, 6) is -1.53. The molecule has 2 aromatic rings. The minimum Gasteiger partial charge on any atom is -0.449 e. The van der Waals surface area contributed by atoms with E-state index in [0.717, 1.165) is 23.8 Å². The van der Waals surface area contributed by atoms with Crippen molar-refractivity contribution in [2.75, 3.05) is 6.54 Å². The Balaban J connectivity index is 1.76. The third-order valence-corrected chi connectivity index (χ3v) is 3.74. The van der Waals surface area contributed by atoms with Gasteiger partial charge in [0.1, 0.15) is 5.75 Å². The second-order valence-corrected chi connectivity index (χ2v) is 6.06. The number of esters is 1. The number of hydrogen-bond donors (Lipinski definition) is 1. The molecule has 1 atom stereocenters. The van der Waals surface area contributed by atoms with Crippen molar-refractivity contribution >= 4 is 18.0 Å². The molecule has 0 unspecified atom stereocenters. The first-order valence-corrected chi connectivity index (χ1v) is 8.79. The van der Waals surface area contributed by atoms with Crippen LogP contribution in [0.3, 0.4) is 0 Å². The lowest BCUT2D eigenvalue weighted by Gasteiger charge is -2.12. The molecule has 0 spiro atoms. The topological polar surface area (TPSA) is 64.6 Å². The van der Waals surface area contributed by atoms with Crippen LogP contribution in [0.4, 0.5) is 13.2 Å². The van der Waals surface area contributed by atoms with Crippen LogP contribution in [-0.4, -0.2) is 30.9 Å². The van der Waals surface area contributed by atoms with Crippen LogP contribution in [0.2, 0.25) is 0 Å². The molecule has 2 aromatic carbocycles. The largest absolute Gasteiger partial charge is 0.573 e. The summed E-state index contributed by atoms with van der Waals surface area (Å²) in [6.07, 6.45) is -2.64. The van der Waals surface area contributed by atoms with E-state index in [0.29, 0.717) is 18.5 Å². The van der Waals surface area contributed by atoms with Gasteiger partial charge in [-0.25, -0.2) is 4.79 Å². The van der Waals surface area contributed by atoms with Gasteiger partial charge in [-0.3, -0.25) is 4.79 Å². The van der Waals surface area contributed by atoms with Crippen molar-refractivity contribution < 1.29 is 32.2 Å². The Labute approximate surface area is 166 Å². The first kappa shape index (κ1) is 22.0. The average Bonchev–Trinajstić information content (AvgIpc) is 2.67. The first-order valence-electron chi connectivity index (χ1n) is 8.79. The van der Waals surface area contributed by atoms with E-state index in [1.54, 1.807) is 0 Å². The minimum absolute atomic E-state index is 0.363. The highest BCUT2D eigenvalue weighted by Gasteiger charge is 2.30. The highest BCUT2D eigenvalue weighted by molar-refractivity contribution is 5.90. The monoisotopic (exact) mass is 407 g/mol. The van der Waals surface area contributed by atoms with Gasteiger partial charge in [-0.15, -0.1) is 13.2 Å². The van der Waals surface area contributed by atoms with Crippen molar-refractivity contribution in [2.24, 2.45) is 0 Å². The molecule has 5 nitrogen and oxygen atoms in total. The normalized spacial score (nSPS) is 12.4. The number of ether oxygens (including phenoxy) is 2. The molecule has 0 aliphatic rings. The van der Waals surface area contributed by atoms with Gasteiger partial charge in [0.05, 0.1) is 0 Å². The highest BCUT2D eigenvalue weighted by Crippen LogP contribution is 2.23. The van der Waals surface area contributed by atoms with Crippen LogP contribution >= 0.6 is 0 Å². The lowest BCUT2D eigenvalue weighted by molar-refractivity contribution is -0.274. The number of carbonyl (C=O) groups is 2. The van der Waals surface area contributed by atoms with Crippen molar-refractivity contribution in [3.8, 4) is 5.75 Å². The van der Waals surface area contributed by atoms with E-state index in [4.69, 9.17) is 4.74 Å². The summed E-state index contributed by atoms with van der Waals surface area (Å²) in [6, 6.07) is 14.6. The molecule has 2 rings (SSSR count). The highest BCUT2D eigenvalue weighted by atomic mass is 19.4. The molecule has 0 aromatic heterocycles. The molecule has 0 fully saturated rings. The van der Waals surface area contributed by atoms with E-state index in [9.17, 15) is 22.8 Å². The quantitative estimate of drug-likeness (QED) is 0.533. The molecule has 0 saturated carbocycles. The maximum atomic E-state index is 12.1. The third-order valence-electron chi connectivity index (χ3n) is 3.74. The Morgan fingerprint density at radius 2 is 1.72 bits per heavy atom. The maximum Gasteiger partial charge on any atom is 0.573 e. The molecular weight excluding hydrogens is 387 g/mol. The van der Waals surface area contributed by atoms with Crippen molar-refractivity contribution in [2.45, 2.75) is 25.8 Å².